The molecule has 36 heavy (non-hydrogen) atoms. The topological polar surface area (TPSA) is 148 Å². The van der Waals surface area contributed by atoms with Gasteiger partial charge in [-0.15, -0.1) is 0 Å². The SMILES string of the molecule is O=C1C=C2O[C@](O)(c3ccc(O)cc3)C3=C2C(=C1)[C@@H](O)[C@@H](c1ccc(O)cc1)c1c(O)cc(O)cc13. The monoisotopic (exact) mass is 484 g/mol. The fourth-order valence-electron chi connectivity index (χ4n) is 5.30. The number of ketones is 1. The normalized spacial score (nSPS) is 24.3. The van der Waals surface area contributed by atoms with E-state index in [2.05, 4.69) is 0 Å². The van der Waals surface area contributed by atoms with Crippen molar-refractivity contribution < 1.29 is 40.2 Å². The van der Waals surface area contributed by atoms with Gasteiger partial charge in [0.25, 0.3) is 5.79 Å². The Balaban J connectivity index is 1.72. The maximum Gasteiger partial charge on any atom is 0.263 e. The summed E-state index contributed by atoms with van der Waals surface area (Å²) in [6.45, 7) is 0. The molecule has 1 heterocycles. The highest BCUT2D eigenvalue weighted by Crippen LogP contribution is 2.58. The van der Waals surface area contributed by atoms with Gasteiger partial charge in [-0.1, -0.05) is 12.1 Å². The van der Waals surface area contributed by atoms with Crippen molar-refractivity contribution in [1.29, 1.82) is 0 Å². The van der Waals surface area contributed by atoms with Crippen LogP contribution in [-0.4, -0.2) is 42.5 Å². The number of aromatic hydroxyl groups is 4. The van der Waals surface area contributed by atoms with Crippen LogP contribution in [0.3, 0.4) is 0 Å². The Labute approximate surface area is 204 Å². The number of rotatable bonds is 2. The lowest BCUT2D eigenvalue weighted by atomic mass is 9.80. The van der Waals surface area contributed by atoms with Gasteiger partial charge in [-0.25, -0.2) is 0 Å². The first-order valence-electron chi connectivity index (χ1n) is 11.1. The zero-order valence-electron chi connectivity index (χ0n) is 18.6. The van der Waals surface area contributed by atoms with Gasteiger partial charge >= 0.3 is 0 Å². The molecular weight excluding hydrogens is 464 g/mol. The quantitative estimate of drug-likeness (QED) is 0.325. The molecule has 0 saturated carbocycles. The van der Waals surface area contributed by atoms with Crippen molar-refractivity contribution in [3.05, 3.63) is 112 Å². The van der Waals surface area contributed by atoms with Gasteiger partial charge in [0.05, 0.1) is 6.10 Å². The predicted octanol–water partition coefficient (Wildman–Crippen LogP) is 3.04. The standard InChI is InChI=1S/C28H20O8/c29-15-5-1-13(2-6-15)23-24-19(9-17(31)11-21(24)33)26-25-20(27(23)34)10-18(32)12-22(25)36-28(26,35)14-3-7-16(30)8-4-14/h1-12,23,27,29-31,33-35H/t23-,27+,28+/m0/s1. The van der Waals surface area contributed by atoms with Gasteiger partial charge in [0.1, 0.15) is 28.8 Å². The van der Waals surface area contributed by atoms with E-state index in [0.29, 0.717) is 5.56 Å². The minimum atomic E-state index is -2.18. The summed E-state index contributed by atoms with van der Waals surface area (Å²) in [5.41, 5.74) is 1.70. The molecule has 3 aromatic rings. The van der Waals surface area contributed by atoms with Crippen LogP contribution in [-0.2, 0) is 15.3 Å². The van der Waals surface area contributed by atoms with Crippen LogP contribution in [0.25, 0.3) is 5.57 Å². The number of carbonyl (C=O) groups excluding carboxylic acids is 1. The van der Waals surface area contributed by atoms with Crippen LogP contribution in [0.4, 0.5) is 0 Å². The van der Waals surface area contributed by atoms with Crippen LogP contribution < -0.4 is 0 Å². The predicted molar refractivity (Wildman–Crippen MR) is 127 cm³/mol. The second-order valence-electron chi connectivity index (χ2n) is 8.99. The minimum absolute atomic E-state index is 0.00465. The van der Waals surface area contributed by atoms with Gasteiger partial charge < -0.3 is 35.4 Å². The molecule has 0 amide bonds. The highest BCUT2D eigenvalue weighted by Gasteiger charge is 2.53. The molecule has 6 rings (SSSR count). The summed E-state index contributed by atoms with van der Waals surface area (Å²) in [7, 11) is 0. The molecule has 8 nitrogen and oxygen atoms in total. The first-order valence-corrected chi connectivity index (χ1v) is 11.1. The molecule has 0 aromatic heterocycles. The lowest BCUT2D eigenvalue weighted by molar-refractivity contribution is -0.124. The maximum absolute atomic E-state index is 12.6. The molecule has 0 spiro atoms. The van der Waals surface area contributed by atoms with Crippen molar-refractivity contribution in [1.82, 2.24) is 0 Å². The summed E-state index contributed by atoms with van der Waals surface area (Å²) in [6.07, 6.45) is 1.09. The Kier molecular flexibility index (Phi) is 4.57. The molecule has 2 aliphatic carbocycles. The lowest BCUT2D eigenvalue weighted by Gasteiger charge is -2.31. The van der Waals surface area contributed by atoms with Gasteiger partial charge in [0.15, 0.2) is 5.78 Å². The molecule has 0 unspecified atom stereocenters. The summed E-state index contributed by atoms with van der Waals surface area (Å²) in [4.78, 5) is 12.6. The van der Waals surface area contributed by atoms with Crippen LogP contribution in [0.1, 0.15) is 28.2 Å². The fourth-order valence-corrected chi connectivity index (χ4v) is 5.30. The van der Waals surface area contributed by atoms with Crippen molar-refractivity contribution >= 4 is 11.4 Å². The number of fused-ring (bicyclic) bond motifs is 2. The third-order valence-corrected chi connectivity index (χ3v) is 6.82. The van der Waals surface area contributed by atoms with Crippen LogP contribution in [0.2, 0.25) is 0 Å². The van der Waals surface area contributed by atoms with Gasteiger partial charge in [-0.2, -0.15) is 0 Å². The third kappa shape index (κ3) is 3.05. The molecule has 0 bridgehead atoms. The highest BCUT2D eigenvalue weighted by molar-refractivity contribution is 6.06. The second kappa shape index (κ2) is 7.48. The van der Waals surface area contributed by atoms with E-state index in [4.69, 9.17) is 4.74 Å². The van der Waals surface area contributed by atoms with Crippen LogP contribution in [0, 0.1) is 0 Å². The van der Waals surface area contributed by atoms with E-state index in [1.807, 2.05) is 0 Å². The number of aliphatic hydroxyl groups excluding tert-OH is 1. The summed E-state index contributed by atoms with van der Waals surface area (Å²) < 4.78 is 5.95. The van der Waals surface area contributed by atoms with Gasteiger partial charge in [-0.3, -0.25) is 4.79 Å². The Morgan fingerprint density at radius 1 is 0.806 bits per heavy atom. The molecule has 6 N–H and O–H groups in total. The zero-order chi connectivity index (χ0) is 25.4. The van der Waals surface area contributed by atoms with Gasteiger partial charge in [0, 0.05) is 40.3 Å². The third-order valence-electron chi connectivity index (χ3n) is 6.82. The van der Waals surface area contributed by atoms with E-state index in [9.17, 15) is 35.4 Å². The minimum Gasteiger partial charge on any atom is -0.508 e. The first kappa shape index (κ1) is 22.0. The van der Waals surface area contributed by atoms with Gasteiger partial charge in [0.2, 0.25) is 0 Å². The van der Waals surface area contributed by atoms with E-state index in [0.717, 1.165) is 6.07 Å². The Hall–Kier alpha value is -4.53. The number of hydrogen-bond donors (Lipinski definition) is 6. The molecular formula is C28H20O8. The molecule has 8 heteroatoms. The summed E-state index contributed by atoms with van der Waals surface area (Å²) >= 11 is 0. The van der Waals surface area contributed by atoms with Crippen molar-refractivity contribution in [2.45, 2.75) is 17.8 Å². The number of aliphatic hydroxyl groups is 2. The van der Waals surface area contributed by atoms with E-state index in [-0.39, 0.29) is 62.2 Å². The smallest absolute Gasteiger partial charge is 0.263 e. The number of hydrogen-bond acceptors (Lipinski definition) is 8. The molecule has 1 aliphatic heterocycles. The highest BCUT2D eigenvalue weighted by atomic mass is 16.6. The average Bonchev–Trinajstić information content (AvgIpc) is 3.07. The molecule has 3 aliphatic rings. The molecule has 0 saturated heterocycles. The van der Waals surface area contributed by atoms with E-state index >= 15 is 0 Å². The summed E-state index contributed by atoms with van der Waals surface area (Å²) in [5.74, 6) is -4.21. The zero-order valence-corrected chi connectivity index (χ0v) is 18.6. The Morgan fingerprint density at radius 2 is 1.44 bits per heavy atom. The second-order valence-corrected chi connectivity index (χ2v) is 8.99. The number of phenolic OH excluding ortho intramolecular Hbond substituents is 4. The van der Waals surface area contributed by atoms with Crippen molar-refractivity contribution in [3.8, 4) is 23.0 Å². The molecule has 180 valence electrons. The first-order chi connectivity index (χ1) is 17.2. The van der Waals surface area contributed by atoms with E-state index in [1.54, 1.807) is 12.1 Å². The molecule has 0 fully saturated rings. The van der Waals surface area contributed by atoms with Gasteiger partial charge in [-0.05, 0) is 65.2 Å². The van der Waals surface area contributed by atoms with Crippen molar-refractivity contribution in [2.75, 3.05) is 0 Å². The summed E-state index contributed by atoms with van der Waals surface area (Å²) in [6, 6.07) is 14.2. The largest absolute Gasteiger partial charge is 0.508 e. The lowest BCUT2D eigenvalue weighted by Crippen LogP contribution is -2.28. The van der Waals surface area contributed by atoms with E-state index in [1.165, 1.54) is 54.6 Å². The number of phenols is 4. The number of ether oxygens (including phenoxy) is 1. The van der Waals surface area contributed by atoms with Crippen molar-refractivity contribution in [2.24, 2.45) is 0 Å². The molecule has 3 atom stereocenters. The maximum atomic E-state index is 12.6. The Bertz CT molecular complexity index is 1530. The van der Waals surface area contributed by atoms with Crippen molar-refractivity contribution in [3.63, 3.8) is 0 Å². The fraction of sp³-hybridized carbons (Fsp3) is 0.107. The van der Waals surface area contributed by atoms with Crippen LogP contribution >= 0.6 is 0 Å². The molecule has 3 aromatic carbocycles. The molecule has 0 radical (unpaired) electrons. The average molecular weight is 484 g/mol. The van der Waals surface area contributed by atoms with Crippen LogP contribution in [0.15, 0.2) is 89.7 Å². The summed E-state index contributed by atoms with van der Waals surface area (Å²) in [5, 5.41) is 64.8. The number of benzene rings is 3. The number of carbonyl (C=O) groups is 1. The van der Waals surface area contributed by atoms with Crippen LogP contribution in [0.5, 0.6) is 23.0 Å². The number of allylic oxidation sites excluding steroid dienone is 3. The van der Waals surface area contributed by atoms with E-state index < -0.39 is 23.6 Å². The Morgan fingerprint density at radius 3 is 2.11 bits per heavy atom.